The molecule has 0 unspecified atom stereocenters. The Labute approximate surface area is 159 Å². The average molecular weight is 436 g/mol. The summed E-state index contributed by atoms with van der Waals surface area (Å²) in [5.41, 5.74) is 5.18. The Balaban J connectivity index is 1.91. The van der Waals surface area contributed by atoms with Crippen LogP contribution in [-0.2, 0) is 0 Å². The molecule has 3 aromatic heterocycles. The minimum atomic E-state index is 0.744. The summed E-state index contributed by atoms with van der Waals surface area (Å²) in [7, 11) is 0. The van der Waals surface area contributed by atoms with E-state index in [-0.39, 0.29) is 0 Å². The molecule has 0 saturated carbocycles. The second kappa shape index (κ2) is 7.06. The van der Waals surface area contributed by atoms with Crippen LogP contribution in [0.4, 0.5) is 0 Å². The third-order valence-electron chi connectivity index (χ3n) is 3.78. The summed E-state index contributed by atoms with van der Waals surface area (Å²) >= 11 is 2.30. The van der Waals surface area contributed by atoms with Gasteiger partial charge in [-0.25, -0.2) is 0 Å². The van der Waals surface area contributed by atoms with Gasteiger partial charge in [0.1, 0.15) is 11.4 Å². The molecule has 4 nitrogen and oxygen atoms in total. The molecule has 5 heteroatoms. The topological polar surface area (TPSA) is 51.6 Å². The molecule has 0 aliphatic heterocycles. The molecule has 0 saturated heterocycles. The number of rotatable bonds is 3. The van der Waals surface area contributed by atoms with E-state index in [1.807, 2.05) is 42.5 Å². The predicted octanol–water partition coefficient (Wildman–Crippen LogP) is 4.87. The fourth-order valence-corrected chi connectivity index (χ4v) is 2.93. The largest absolute Gasteiger partial charge is 0.255 e. The molecule has 0 fully saturated rings. The lowest BCUT2D eigenvalue weighted by atomic mass is 10.0. The molecular formula is C20H13IN4. The quantitative estimate of drug-likeness (QED) is 0.430. The van der Waals surface area contributed by atoms with Gasteiger partial charge in [0.15, 0.2) is 0 Å². The van der Waals surface area contributed by atoms with E-state index in [1.165, 1.54) is 3.57 Å². The lowest BCUT2D eigenvalue weighted by molar-refractivity contribution is 1.03. The molecule has 25 heavy (non-hydrogen) atoms. The Kier molecular flexibility index (Phi) is 4.47. The molecule has 0 amide bonds. The van der Waals surface area contributed by atoms with E-state index < -0.39 is 0 Å². The maximum absolute atomic E-state index is 4.47. The SMILES string of the molecule is Ic1ccc(-c2cc(-c3ccccn3)nnc2-c2ccccn2)cc1. The summed E-state index contributed by atoms with van der Waals surface area (Å²) in [5, 5.41) is 8.84. The van der Waals surface area contributed by atoms with Gasteiger partial charge >= 0.3 is 0 Å². The zero-order valence-electron chi connectivity index (χ0n) is 13.2. The first kappa shape index (κ1) is 15.8. The number of halogens is 1. The van der Waals surface area contributed by atoms with Gasteiger partial charge in [-0.3, -0.25) is 9.97 Å². The number of aromatic nitrogens is 4. The van der Waals surface area contributed by atoms with E-state index >= 15 is 0 Å². The van der Waals surface area contributed by atoms with Gasteiger partial charge in [0.05, 0.1) is 11.4 Å². The van der Waals surface area contributed by atoms with Gasteiger partial charge in [0.2, 0.25) is 0 Å². The molecule has 120 valence electrons. The predicted molar refractivity (Wildman–Crippen MR) is 107 cm³/mol. The van der Waals surface area contributed by atoms with Crippen LogP contribution in [0.1, 0.15) is 0 Å². The van der Waals surface area contributed by atoms with Crippen LogP contribution in [0, 0.1) is 3.57 Å². The highest BCUT2D eigenvalue weighted by Gasteiger charge is 2.14. The summed E-state index contributed by atoms with van der Waals surface area (Å²) in [6.07, 6.45) is 3.52. The third-order valence-corrected chi connectivity index (χ3v) is 4.50. The van der Waals surface area contributed by atoms with Crippen LogP contribution in [-0.4, -0.2) is 20.2 Å². The van der Waals surface area contributed by atoms with Gasteiger partial charge in [0.25, 0.3) is 0 Å². The summed E-state index contributed by atoms with van der Waals surface area (Å²) in [4.78, 5) is 8.82. The Morgan fingerprint density at radius 2 is 1.32 bits per heavy atom. The van der Waals surface area contributed by atoms with E-state index in [2.05, 4.69) is 67.0 Å². The fraction of sp³-hybridized carbons (Fsp3) is 0. The van der Waals surface area contributed by atoms with Crippen LogP contribution in [0.5, 0.6) is 0 Å². The zero-order valence-corrected chi connectivity index (χ0v) is 15.3. The van der Waals surface area contributed by atoms with Gasteiger partial charge in [-0.1, -0.05) is 24.3 Å². The number of hydrogen-bond acceptors (Lipinski definition) is 4. The summed E-state index contributed by atoms with van der Waals surface area (Å²) in [5.74, 6) is 0. The van der Waals surface area contributed by atoms with Crippen LogP contribution in [0.2, 0.25) is 0 Å². The maximum atomic E-state index is 4.47. The van der Waals surface area contributed by atoms with E-state index in [1.54, 1.807) is 12.4 Å². The number of hydrogen-bond donors (Lipinski definition) is 0. The lowest BCUT2D eigenvalue weighted by Gasteiger charge is -2.10. The van der Waals surface area contributed by atoms with Crippen molar-refractivity contribution in [2.45, 2.75) is 0 Å². The standard InChI is InChI=1S/C20H13IN4/c21-15-9-7-14(8-10-15)16-13-19(17-5-1-3-11-22-17)24-25-20(16)18-6-2-4-12-23-18/h1-13H. The number of benzene rings is 1. The molecule has 3 heterocycles. The van der Waals surface area contributed by atoms with E-state index in [4.69, 9.17) is 0 Å². The molecule has 0 aliphatic carbocycles. The molecule has 0 bridgehead atoms. The van der Waals surface area contributed by atoms with Crippen molar-refractivity contribution < 1.29 is 0 Å². The Bertz CT molecular complexity index is 987. The highest BCUT2D eigenvalue weighted by Crippen LogP contribution is 2.31. The Morgan fingerprint density at radius 3 is 1.96 bits per heavy atom. The summed E-state index contributed by atoms with van der Waals surface area (Å²) in [6, 6.07) is 21.9. The summed E-state index contributed by atoms with van der Waals surface area (Å²) < 4.78 is 1.19. The van der Waals surface area contributed by atoms with E-state index in [9.17, 15) is 0 Å². The van der Waals surface area contributed by atoms with Crippen molar-refractivity contribution in [3.63, 3.8) is 0 Å². The molecule has 0 spiro atoms. The van der Waals surface area contributed by atoms with Crippen molar-refractivity contribution >= 4 is 22.6 Å². The molecule has 0 atom stereocenters. The second-order valence-electron chi connectivity index (χ2n) is 5.43. The first-order valence-corrected chi connectivity index (χ1v) is 8.85. The smallest absolute Gasteiger partial charge is 0.119 e. The molecule has 0 N–H and O–H groups in total. The van der Waals surface area contributed by atoms with Gasteiger partial charge in [-0.2, -0.15) is 0 Å². The van der Waals surface area contributed by atoms with Gasteiger partial charge < -0.3 is 0 Å². The third kappa shape index (κ3) is 3.41. The molecule has 0 aliphatic rings. The molecule has 4 aromatic rings. The second-order valence-corrected chi connectivity index (χ2v) is 6.67. The van der Waals surface area contributed by atoms with Gasteiger partial charge in [-0.15, -0.1) is 10.2 Å². The van der Waals surface area contributed by atoms with Crippen LogP contribution >= 0.6 is 22.6 Å². The minimum absolute atomic E-state index is 0.744. The normalized spacial score (nSPS) is 10.6. The van der Waals surface area contributed by atoms with Gasteiger partial charge in [0, 0.05) is 21.5 Å². The molecule has 1 aromatic carbocycles. The Hall–Kier alpha value is -2.67. The molecule has 4 rings (SSSR count). The van der Waals surface area contributed by atoms with Crippen molar-refractivity contribution in [3.05, 3.63) is 82.7 Å². The van der Waals surface area contributed by atoms with Crippen LogP contribution in [0.3, 0.4) is 0 Å². The highest BCUT2D eigenvalue weighted by atomic mass is 127. The first-order chi connectivity index (χ1) is 12.3. The van der Waals surface area contributed by atoms with Crippen molar-refractivity contribution in [1.82, 2.24) is 20.2 Å². The van der Waals surface area contributed by atoms with Crippen LogP contribution < -0.4 is 0 Å². The van der Waals surface area contributed by atoms with Crippen LogP contribution in [0.25, 0.3) is 33.9 Å². The monoisotopic (exact) mass is 436 g/mol. The average Bonchev–Trinajstić information content (AvgIpc) is 2.69. The summed E-state index contributed by atoms with van der Waals surface area (Å²) in [6.45, 7) is 0. The maximum Gasteiger partial charge on any atom is 0.119 e. The molecule has 0 radical (unpaired) electrons. The van der Waals surface area contributed by atoms with Crippen molar-refractivity contribution in [2.75, 3.05) is 0 Å². The molecular weight excluding hydrogens is 423 g/mol. The van der Waals surface area contributed by atoms with Crippen LogP contribution in [0.15, 0.2) is 79.1 Å². The highest BCUT2D eigenvalue weighted by molar-refractivity contribution is 14.1. The number of pyridine rings is 2. The first-order valence-electron chi connectivity index (χ1n) is 7.78. The van der Waals surface area contributed by atoms with E-state index in [0.29, 0.717) is 0 Å². The fourth-order valence-electron chi connectivity index (χ4n) is 2.57. The van der Waals surface area contributed by atoms with Gasteiger partial charge in [-0.05, 0) is 70.6 Å². The Morgan fingerprint density at radius 1 is 0.640 bits per heavy atom. The zero-order chi connectivity index (χ0) is 17.1. The van der Waals surface area contributed by atoms with Crippen molar-refractivity contribution in [3.8, 4) is 33.9 Å². The lowest BCUT2D eigenvalue weighted by Crippen LogP contribution is -1.97. The number of nitrogens with zero attached hydrogens (tertiary/aromatic N) is 4. The van der Waals surface area contributed by atoms with Crippen molar-refractivity contribution in [1.29, 1.82) is 0 Å². The minimum Gasteiger partial charge on any atom is -0.255 e. The van der Waals surface area contributed by atoms with Crippen molar-refractivity contribution in [2.24, 2.45) is 0 Å². The van der Waals surface area contributed by atoms with E-state index in [0.717, 1.165) is 33.9 Å².